The maximum absolute atomic E-state index is 12.7. The first-order chi connectivity index (χ1) is 8.80. The van der Waals surface area contributed by atoms with Crippen molar-refractivity contribution < 1.29 is 18.0 Å². The summed E-state index contributed by atoms with van der Waals surface area (Å²) in [4.78, 5) is 13.5. The number of piperidine rings is 1. The summed E-state index contributed by atoms with van der Waals surface area (Å²) in [5.74, 6) is 0.0269. The zero-order valence-corrected chi connectivity index (χ0v) is 10.9. The normalized spacial score (nSPS) is 24.7. The van der Waals surface area contributed by atoms with Crippen molar-refractivity contribution in [2.24, 2.45) is 5.92 Å². The Bertz CT molecular complexity index is 484. The predicted molar refractivity (Wildman–Crippen MR) is 67.0 cm³/mol. The molecule has 1 aliphatic rings. The van der Waals surface area contributed by atoms with Crippen LogP contribution in [0.2, 0.25) is 0 Å². The molecule has 0 radical (unpaired) electrons. The number of rotatable bonds is 1. The maximum atomic E-state index is 12.7. The second-order valence-corrected chi connectivity index (χ2v) is 4.99. The van der Waals surface area contributed by atoms with Crippen LogP contribution in [-0.2, 0) is 11.0 Å². The third-order valence-electron chi connectivity index (χ3n) is 3.83. The Labute approximate surface area is 110 Å². The lowest BCUT2D eigenvalue weighted by molar-refractivity contribution is -0.137. The standard InChI is InChI=1S/C14H16F3NO/c1-9-10(2)18(7-6-13(9)19)12-5-3-4-11(8-12)14(15,16)17/h3-5,8-10H,6-7H2,1-2H3. The fourth-order valence-corrected chi connectivity index (χ4v) is 2.43. The van der Waals surface area contributed by atoms with Crippen LogP contribution >= 0.6 is 0 Å². The van der Waals surface area contributed by atoms with E-state index in [0.29, 0.717) is 18.7 Å². The Morgan fingerprint density at radius 1 is 1.26 bits per heavy atom. The summed E-state index contributed by atoms with van der Waals surface area (Å²) in [6, 6.07) is 5.20. The molecule has 1 aromatic rings. The van der Waals surface area contributed by atoms with Gasteiger partial charge in [-0.2, -0.15) is 13.2 Å². The van der Waals surface area contributed by atoms with E-state index in [9.17, 15) is 18.0 Å². The molecule has 1 saturated heterocycles. The largest absolute Gasteiger partial charge is 0.416 e. The maximum Gasteiger partial charge on any atom is 0.416 e. The van der Waals surface area contributed by atoms with E-state index in [1.54, 1.807) is 6.07 Å². The van der Waals surface area contributed by atoms with Crippen LogP contribution in [0.4, 0.5) is 18.9 Å². The smallest absolute Gasteiger partial charge is 0.368 e. The first-order valence-corrected chi connectivity index (χ1v) is 6.27. The van der Waals surface area contributed by atoms with Crippen LogP contribution in [0.3, 0.4) is 0 Å². The highest BCUT2D eigenvalue weighted by molar-refractivity contribution is 5.84. The van der Waals surface area contributed by atoms with Gasteiger partial charge < -0.3 is 4.90 Å². The van der Waals surface area contributed by atoms with E-state index in [4.69, 9.17) is 0 Å². The van der Waals surface area contributed by atoms with Crippen LogP contribution in [0, 0.1) is 5.92 Å². The molecule has 0 saturated carbocycles. The number of hydrogen-bond acceptors (Lipinski definition) is 2. The molecule has 19 heavy (non-hydrogen) atoms. The van der Waals surface area contributed by atoms with Gasteiger partial charge in [-0.15, -0.1) is 0 Å². The number of Topliss-reactive ketones (excluding diaryl/α,β-unsaturated/α-hetero) is 1. The zero-order valence-electron chi connectivity index (χ0n) is 10.9. The number of hydrogen-bond donors (Lipinski definition) is 0. The molecule has 0 spiro atoms. The van der Waals surface area contributed by atoms with Gasteiger partial charge >= 0.3 is 6.18 Å². The molecule has 0 N–H and O–H groups in total. The van der Waals surface area contributed by atoms with Crippen LogP contribution in [0.5, 0.6) is 0 Å². The molecule has 1 fully saturated rings. The van der Waals surface area contributed by atoms with E-state index in [-0.39, 0.29) is 17.7 Å². The van der Waals surface area contributed by atoms with Crippen LogP contribution in [0.25, 0.3) is 0 Å². The van der Waals surface area contributed by atoms with Crippen molar-refractivity contribution >= 4 is 11.5 Å². The van der Waals surface area contributed by atoms with E-state index < -0.39 is 11.7 Å². The van der Waals surface area contributed by atoms with Gasteiger partial charge in [-0.3, -0.25) is 4.79 Å². The van der Waals surface area contributed by atoms with Gasteiger partial charge in [0.15, 0.2) is 0 Å². The summed E-state index contributed by atoms with van der Waals surface area (Å²) in [6.07, 6.45) is -3.95. The Kier molecular flexibility index (Phi) is 3.56. The molecular formula is C14H16F3NO. The van der Waals surface area contributed by atoms with Crippen LogP contribution < -0.4 is 4.90 Å². The third kappa shape index (κ3) is 2.74. The van der Waals surface area contributed by atoms with E-state index >= 15 is 0 Å². The minimum atomic E-state index is -4.34. The molecule has 1 aromatic carbocycles. The quantitative estimate of drug-likeness (QED) is 0.779. The van der Waals surface area contributed by atoms with Crippen molar-refractivity contribution in [2.45, 2.75) is 32.5 Å². The Balaban J connectivity index is 2.30. The first kappa shape index (κ1) is 13.9. The van der Waals surface area contributed by atoms with Gasteiger partial charge in [0.05, 0.1) is 5.56 Å². The molecule has 0 bridgehead atoms. The molecule has 2 atom stereocenters. The number of alkyl halides is 3. The number of ketones is 1. The van der Waals surface area contributed by atoms with Crippen molar-refractivity contribution in [2.75, 3.05) is 11.4 Å². The van der Waals surface area contributed by atoms with Crippen molar-refractivity contribution in [3.8, 4) is 0 Å². The number of halogens is 3. The summed E-state index contributed by atoms with van der Waals surface area (Å²) < 4.78 is 38.1. The second kappa shape index (κ2) is 4.87. The zero-order chi connectivity index (χ0) is 14.2. The molecule has 2 unspecified atom stereocenters. The number of carbonyl (C=O) groups excluding carboxylic acids is 1. The van der Waals surface area contributed by atoms with Gasteiger partial charge in [0, 0.05) is 30.6 Å². The van der Waals surface area contributed by atoms with Gasteiger partial charge in [0.25, 0.3) is 0 Å². The molecule has 1 aliphatic heterocycles. The first-order valence-electron chi connectivity index (χ1n) is 6.27. The number of carbonyl (C=O) groups is 1. The number of nitrogens with zero attached hydrogens (tertiary/aromatic N) is 1. The summed E-state index contributed by atoms with van der Waals surface area (Å²) in [6.45, 7) is 4.18. The van der Waals surface area contributed by atoms with Gasteiger partial charge in [0.2, 0.25) is 0 Å². The van der Waals surface area contributed by atoms with E-state index in [0.717, 1.165) is 12.1 Å². The molecule has 2 nitrogen and oxygen atoms in total. The molecule has 1 heterocycles. The predicted octanol–water partition coefficient (Wildman–Crippen LogP) is 3.51. The molecule has 0 aromatic heterocycles. The third-order valence-corrected chi connectivity index (χ3v) is 3.83. The highest BCUT2D eigenvalue weighted by atomic mass is 19.4. The van der Waals surface area contributed by atoms with Gasteiger partial charge in [0.1, 0.15) is 5.78 Å². The summed E-state index contributed by atoms with van der Waals surface area (Å²) in [5.41, 5.74) is -0.122. The Hall–Kier alpha value is -1.52. The fraction of sp³-hybridized carbons (Fsp3) is 0.500. The van der Waals surface area contributed by atoms with Crippen molar-refractivity contribution in [3.05, 3.63) is 29.8 Å². The van der Waals surface area contributed by atoms with Gasteiger partial charge in [-0.1, -0.05) is 13.0 Å². The second-order valence-electron chi connectivity index (χ2n) is 4.99. The average Bonchev–Trinajstić information content (AvgIpc) is 2.35. The number of anilines is 1. The highest BCUT2D eigenvalue weighted by Crippen LogP contribution is 2.33. The van der Waals surface area contributed by atoms with Crippen LogP contribution in [-0.4, -0.2) is 18.4 Å². The molecule has 0 amide bonds. The van der Waals surface area contributed by atoms with Crippen molar-refractivity contribution in [1.29, 1.82) is 0 Å². The van der Waals surface area contributed by atoms with Crippen molar-refractivity contribution in [1.82, 2.24) is 0 Å². The Morgan fingerprint density at radius 3 is 2.58 bits per heavy atom. The van der Waals surface area contributed by atoms with Crippen molar-refractivity contribution in [3.63, 3.8) is 0 Å². The van der Waals surface area contributed by atoms with Crippen LogP contribution in [0.1, 0.15) is 25.8 Å². The Morgan fingerprint density at radius 2 is 1.95 bits per heavy atom. The monoisotopic (exact) mass is 271 g/mol. The number of benzene rings is 1. The lowest BCUT2D eigenvalue weighted by Gasteiger charge is -2.38. The summed E-state index contributed by atoms with van der Waals surface area (Å²) in [7, 11) is 0. The van der Waals surface area contributed by atoms with Gasteiger partial charge in [-0.25, -0.2) is 0 Å². The van der Waals surface area contributed by atoms with Crippen LogP contribution in [0.15, 0.2) is 24.3 Å². The topological polar surface area (TPSA) is 20.3 Å². The molecule has 104 valence electrons. The molecule has 2 rings (SSSR count). The minimum absolute atomic E-state index is 0.0790. The molecular weight excluding hydrogens is 255 g/mol. The fourth-order valence-electron chi connectivity index (χ4n) is 2.43. The summed E-state index contributed by atoms with van der Waals surface area (Å²) >= 11 is 0. The summed E-state index contributed by atoms with van der Waals surface area (Å²) in [5, 5.41) is 0. The van der Waals surface area contributed by atoms with E-state index in [1.165, 1.54) is 6.07 Å². The van der Waals surface area contributed by atoms with Gasteiger partial charge in [-0.05, 0) is 25.1 Å². The highest BCUT2D eigenvalue weighted by Gasteiger charge is 2.34. The lowest BCUT2D eigenvalue weighted by Crippen LogP contribution is -2.47. The average molecular weight is 271 g/mol. The van der Waals surface area contributed by atoms with E-state index in [2.05, 4.69) is 0 Å². The van der Waals surface area contributed by atoms with E-state index in [1.807, 2.05) is 18.7 Å². The molecule has 5 heteroatoms. The molecule has 0 aliphatic carbocycles. The lowest BCUT2D eigenvalue weighted by atomic mass is 9.90. The SMILES string of the molecule is CC1C(=O)CCN(c2cccc(C(F)(F)F)c2)C1C. The minimum Gasteiger partial charge on any atom is -0.368 e.